The monoisotopic (exact) mass is 550 g/mol. The van der Waals surface area contributed by atoms with Gasteiger partial charge in [0.2, 0.25) is 5.75 Å². The van der Waals surface area contributed by atoms with Crippen molar-refractivity contribution >= 4 is 44.1 Å². The number of benzene rings is 3. The number of aliphatic hydroxyl groups excluding tert-OH is 1. The number of ketones is 1. The molecule has 2 heterocycles. The van der Waals surface area contributed by atoms with Gasteiger partial charge in [-0.1, -0.05) is 11.3 Å². The van der Waals surface area contributed by atoms with Gasteiger partial charge in [0.15, 0.2) is 16.6 Å². The van der Waals surface area contributed by atoms with Crippen LogP contribution in [0.1, 0.15) is 17.2 Å². The fraction of sp³-hybridized carbons (Fsp3) is 0.179. The number of amides is 1. The van der Waals surface area contributed by atoms with Crippen LogP contribution in [0.5, 0.6) is 23.0 Å². The summed E-state index contributed by atoms with van der Waals surface area (Å²) in [7, 11) is 5.85. The van der Waals surface area contributed by atoms with E-state index in [1.807, 2.05) is 0 Å². The summed E-state index contributed by atoms with van der Waals surface area (Å²) in [5.74, 6) is -1.22. The summed E-state index contributed by atoms with van der Waals surface area (Å²) in [5.41, 5.74) is 0.990. The van der Waals surface area contributed by atoms with Gasteiger partial charge >= 0.3 is 5.91 Å². The maximum Gasteiger partial charge on any atom is 0.301 e. The molecule has 0 saturated carbocycles. The van der Waals surface area contributed by atoms with Crippen LogP contribution < -0.4 is 23.8 Å². The maximum absolute atomic E-state index is 13.9. The Labute approximate surface area is 226 Å². The van der Waals surface area contributed by atoms with Gasteiger partial charge in [0.25, 0.3) is 5.78 Å². The highest BCUT2D eigenvalue weighted by Crippen LogP contribution is 2.48. The first-order valence-corrected chi connectivity index (χ1v) is 12.4. The third-order valence-electron chi connectivity index (χ3n) is 6.36. The highest BCUT2D eigenvalue weighted by molar-refractivity contribution is 7.22. The lowest BCUT2D eigenvalue weighted by molar-refractivity contribution is -0.132. The average molecular weight is 551 g/mol. The Morgan fingerprint density at radius 2 is 1.59 bits per heavy atom. The van der Waals surface area contributed by atoms with E-state index in [2.05, 4.69) is 4.98 Å². The zero-order valence-corrected chi connectivity index (χ0v) is 22.2. The second-order valence-corrected chi connectivity index (χ2v) is 9.47. The number of methoxy groups -OCH3 is 4. The van der Waals surface area contributed by atoms with E-state index < -0.39 is 23.5 Å². The first-order chi connectivity index (χ1) is 18.8. The summed E-state index contributed by atoms with van der Waals surface area (Å²) >= 11 is 1.05. The minimum absolute atomic E-state index is 0.158. The number of rotatable bonds is 7. The molecular weight excluding hydrogens is 527 g/mol. The number of anilines is 1. The van der Waals surface area contributed by atoms with E-state index in [0.29, 0.717) is 32.8 Å². The third-order valence-corrected chi connectivity index (χ3v) is 7.37. The molecule has 0 bridgehead atoms. The Morgan fingerprint density at radius 3 is 2.18 bits per heavy atom. The molecule has 3 aromatic carbocycles. The lowest BCUT2D eigenvalue weighted by atomic mass is 9.94. The van der Waals surface area contributed by atoms with Gasteiger partial charge in [0.1, 0.15) is 17.3 Å². The predicted molar refractivity (Wildman–Crippen MR) is 143 cm³/mol. The molecule has 5 rings (SSSR count). The molecular formula is C28H23FN2O7S. The zero-order chi connectivity index (χ0) is 27.8. The van der Waals surface area contributed by atoms with Crippen molar-refractivity contribution in [2.45, 2.75) is 6.04 Å². The van der Waals surface area contributed by atoms with E-state index in [9.17, 15) is 19.1 Å². The topological polar surface area (TPSA) is 107 Å². The van der Waals surface area contributed by atoms with Gasteiger partial charge in [-0.25, -0.2) is 9.37 Å². The van der Waals surface area contributed by atoms with E-state index in [1.54, 1.807) is 36.4 Å². The summed E-state index contributed by atoms with van der Waals surface area (Å²) in [6.07, 6.45) is 0. The number of aromatic nitrogens is 1. The van der Waals surface area contributed by atoms with Crippen LogP contribution in [0, 0.1) is 5.82 Å². The normalized spacial score (nSPS) is 16.5. The smallest absolute Gasteiger partial charge is 0.301 e. The number of ether oxygens (including phenoxy) is 4. The van der Waals surface area contributed by atoms with Gasteiger partial charge in [-0.2, -0.15) is 0 Å². The molecule has 0 spiro atoms. The van der Waals surface area contributed by atoms with Crippen molar-refractivity contribution in [3.05, 3.63) is 77.1 Å². The Kier molecular flexibility index (Phi) is 6.83. The van der Waals surface area contributed by atoms with Crippen LogP contribution in [0.15, 0.2) is 60.2 Å². The van der Waals surface area contributed by atoms with E-state index in [-0.39, 0.29) is 28.0 Å². The number of thiazole rings is 1. The molecule has 4 aromatic rings. The van der Waals surface area contributed by atoms with Gasteiger partial charge < -0.3 is 24.1 Å². The van der Waals surface area contributed by atoms with Crippen LogP contribution in [0.3, 0.4) is 0 Å². The Morgan fingerprint density at radius 1 is 0.923 bits per heavy atom. The van der Waals surface area contributed by atoms with E-state index in [4.69, 9.17) is 18.9 Å². The summed E-state index contributed by atoms with van der Waals surface area (Å²) in [4.78, 5) is 32.7. The maximum atomic E-state index is 13.9. The summed E-state index contributed by atoms with van der Waals surface area (Å²) in [6.45, 7) is 0. The van der Waals surface area contributed by atoms with Gasteiger partial charge in [-0.3, -0.25) is 14.5 Å². The van der Waals surface area contributed by atoms with Gasteiger partial charge in [-0.15, -0.1) is 0 Å². The van der Waals surface area contributed by atoms with E-state index in [1.165, 1.54) is 51.5 Å². The molecule has 1 aliphatic rings. The Hall–Kier alpha value is -4.64. The van der Waals surface area contributed by atoms with Gasteiger partial charge in [0.05, 0.1) is 50.3 Å². The molecule has 1 N–H and O–H groups in total. The zero-order valence-electron chi connectivity index (χ0n) is 21.4. The predicted octanol–water partition coefficient (Wildman–Crippen LogP) is 5.10. The number of hydrogen-bond acceptors (Lipinski definition) is 9. The first kappa shape index (κ1) is 26.0. The first-order valence-electron chi connectivity index (χ1n) is 11.6. The molecule has 1 amide bonds. The molecule has 1 saturated heterocycles. The van der Waals surface area contributed by atoms with Crippen LogP contribution in [-0.4, -0.2) is 50.2 Å². The van der Waals surface area contributed by atoms with Gasteiger partial charge in [0, 0.05) is 5.56 Å². The SMILES string of the molecule is COc1ccc(C(O)=C2C(=O)C(=O)N(c3nc4ccc(F)cc4s3)C2c2cc(OC)c(OC)c(OC)c2)cc1. The van der Waals surface area contributed by atoms with Crippen molar-refractivity contribution in [1.29, 1.82) is 0 Å². The molecule has 200 valence electrons. The molecule has 0 radical (unpaired) electrons. The molecule has 1 fully saturated rings. The number of fused-ring (bicyclic) bond motifs is 1. The fourth-order valence-corrected chi connectivity index (χ4v) is 5.52. The minimum atomic E-state index is -1.12. The summed E-state index contributed by atoms with van der Waals surface area (Å²) in [5, 5.41) is 11.5. The molecule has 1 unspecified atom stereocenters. The minimum Gasteiger partial charge on any atom is -0.507 e. The highest BCUT2D eigenvalue weighted by Gasteiger charge is 2.48. The molecule has 39 heavy (non-hydrogen) atoms. The number of carbonyl (C=O) groups excluding carboxylic acids is 2. The van der Waals surface area contributed by atoms with Gasteiger partial charge in [-0.05, 0) is 60.2 Å². The highest BCUT2D eigenvalue weighted by atomic mass is 32.1. The van der Waals surface area contributed by atoms with Crippen molar-refractivity contribution in [1.82, 2.24) is 4.98 Å². The summed E-state index contributed by atoms with van der Waals surface area (Å²) in [6, 6.07) is 12.5. The van der Waals surface area contributed by atoms with E-state index in [0.717, 1.165) is 11.3 Å². The standard InChI is InChI=1S/C28H23FN2O7S/c1-35-17-8-5-14(6-9-17)24(32)22-23(15-11-19(36-2)26(38-4)20(12-15)37-3)31(27(34)25(22)33)28-30-18-10-7-16(29)13-21(18)39-28/h5-13,23,32H,1-4H3. The quantitative estimate of drug-likeness (QED) is 0.193. The van der Waals surface area contributed by atoms with E-state index >= 15 is 0 Å². The van der Waals surface area contributed by atoms with Crippen molar-refractivity contribution in [2.24, 2.45) is 0 Å². The second-order valence-electron chi connectivity index (χ2n) is 8.46. The molecule has 9 nitrogen and oxygen atoms in total. The molecule has 1 aromatic heterocycles. The largest absolute Gasteiger partial charge is 0.507 e. The van der Waals surface area contributed by atoms with Crippen LogP contribution in [0.25, 0.3) is 16.0 Å². The van der Waals surface area contributed by atoms with Crippen LogP contribution in [-0.2, 0) is 9.59 Å². The number of halogens is 1. The Balaban J connectivity index is 1.77. The molecule has 1 atom stereocenters. The Bertz CT molecular complexity index is 1610. The van der Waals surface area contributed by atoms with Crippen molar-refractivity contribution in [3.63, 3.8) is 0 Å². The van der Waals surface area contributed by atoms with Crippen molar-refractivity contribution in [2.75, 3.05) is 33.3 Å². The summed E-state index contributed by atoms with van der Waals surface area (Å²) < 4.78 is 36.0. The van der Waals surface area contributed by atoms with Crippen molar-refractivity contribution < 1.29 is 38.0 Å². The second kappa shape index (κ2) is 10.3. The molecule has 0 aliphatic carbocycles. The number of hydrogen-bond donors (Lipinski definition) is 1. The van der Waals surface area contributed by atoms with Crippen LogP contribution in [0.4, 0.5) is 9.52 Å². The van der Waals surface area contributed by atoms with Crippen LogP contribution in [0.2, 0.25) is 0 Å². The lowest BCUT2D eigenvalue weighted by Crippen LogP contribution is -2.29. The lowest BCUT2D eigenvalue weighted by Gasteiger charge is -2.24. The number of aliphatic hydroxyl groups is 1. The third kappa shape index (κ3) is 4.40. The number of Topliss-reactive ketones (excluding diaryl/α,β-unsaturated/α-hetero) is 1. The molecule has 11 heteroatoms. The van der Waals surface area contributed by atoms with Crippen molar-refractivity contribution in [3.8, 4) is 23.0 Å². The molecule has 1 aliphatic heterocycles. The number of carbonyl (C=O) groups is 2. The number of nitrogens with zero attached hydrogens (tertiary/aromatic N) is 2. The fourth-order valence-electron chi connectivity index (χ4n) is 4.50. The average Bonchev–Trinajstić information content (AvgIpc) is 3.49. The van der Waals surface area contributed by atoms with Crippen LogP contribution >= 0.6 is 11.3 Å².